The zero-order valence-electron chi connectivity index (χ0n) is 12.9. The fourth-order valence-electron chi connectivity index (χ4n) is 1.44. The first kappa shape index (κ1) is 18.7. The number of esters is 2. The number of unbranched alkanes of at least 4 members (excludes halogenated alkanes) is 2. The summed E-state index contributed by atoms with van der Waals surface area (Å²) in [4.78, 5) is 22.6. The molecule has 0 fully saturated rings. The Morgan fingerprint density at radius 3 is 1.55 bits per heavy atom. The Kier molecular flexibility index (Phi) is 13.2. The maximum Gasteiger partial charge on any atom is 0.306 e. The minimum atomic E-state index is -0.151. The molecule has 0 aromatic rings. The van der Waals surface area contributed by atoms with Gasteiger partial charge in [-0.2, -0.15) is 0 Å². The number of hydrogen-bond donors (Lipinski definition) is 0. The highest BCUT2D eigenvalue weighted by Crippen LogP contribution is 2.00. The zero-order chi connectivity index (χ0) is 15.1. The van der Waals surface area contributed by atoms with Crippen molar-refractivity contribution in [1.29, 1.82) is 0 Å². The first-order valence-electron chi connectivity index (χ1n) is 7.66. The van der Waals surface area contributed by atoms with Gasteiger partial charge in [-0.05, 0) is 25.7 Å². The summed E-state index contributed by atoms with van der Waals surface area (Å²) in [7, 11) is 0. The number of hydrogen-bond acceptors (Lipinski definition) is 4. The molecule has 0 aromatic heterocycles. The lowest BCUT2D eigenvalue weighted by molar-refractivity contribution is -0.144. The third-order valence-electron chi connectivity index (χ3n) is 2.72. The van der Waals surface area contributed by atoms with Gasteiger partial charge in [0.25, 0.3) is 0 Å². The Morgan fingerprint density at radius 2 is 1.20 bits per heavy atom. The fourth-order valence-corrected chi connectivity index (χ4v) is 1.44. The molecule has 0 spiro atoms. The van der Waals surface area contributed by atoms with E-state index < -0.39 is 0 Å². The molecule has 0 heterocycles. The molecular weight excluding hydrogens is 256 g/mol. The summed E-state index contributed by atoms with van der Waals surface area (Å²) in [6.07, 6.45) is 9.86. The van der Waals surface area contributed by atoms with E-state index >= 15 is 0 Å². The van der Waals surface area contributed by atoms with E-state index in [1.54, 1.807) is 0 Å². The fraction of sp³-hybridized carbons (Fsp3) is 0.750. The molecule has 0 aliphatic carbocycles. The van der Waals surface area contributed by atoms with Crippen molar-refractivity contribution in [2.24, 2.45) is 0 Å². The standard InChI is InChI=1S/C16H28O4/c1-3-5-13-19-15(17)11-9-7-8-10-12-16(18)20-14-6-4-2/h7-8H,3-6,9-14H2,1-2H3. The first-order valence-corrected chi connectivity index (χ1v) is 7.66. The van der Waals surface area contributed by atoms with Crippen LogP contribution in [-0.2, 0) is 19.1 Å². The van der Waals surface area contributed by atoms with Gasteiger partial charge >= 0.3 is 11.9 Å². The van der Waals surface area contributed by atoms with Crippen LogP contribution < -0.4 is 0 Å². The average molecular weight is 284 g/mol. The first-order chi connectivity index (χ1) is 9.70. The molecule has 0 radical (unpaired) electrons. The lowest BCUT2D eigenvalue weighted by Crippen LogP contribution is -2.05. The minimum Gasteiger partial charge on any atom is -0.466 e. The van der Waals surface area contributed by atoms with E-state index in [2.05, 4.69) is 13.8 Å². The van der Waals surface area contributed by atoms with Gasteiger partial charge in [0.2, 0.25) is 0 Å². The van der Waals surface area contributed by atoms with E-state index in [1.807, 2.05) is 12.2 Å². The smallest absolute Gasteiger partial charge is 0.306 e. The number of carbonyl (C=O) groups is 2. The van der Waals surface area contributed by atoms with Crippen LogP contribution in [0.15, 0.2) is 12.2 Å². The Bertz CT molecular complexity index is 256. The lowest BCUT2D eigenvalue weighted by atomic mass is 10.2. The molecule has 0 saturated carbocycles. The monoisotopic (exact) mass is 284 g/mol. The highest BCUT2D eigenvalue weighted by atomic mass is 16.5. The maximum atomic E-state index is 11.3. The third kappa shape index (κ3) is 13.1. The van der Waals surface area contributed by atoms with Crippen LogP contribution in [0, 0.1) is 0 Å². The third-order valence-corrected chi connectivity index (χ3v) is 2.72. The van der Waals surface area contributed by atoms with Crippen molar-refractivity contribution in [1.82, 2.24) is 0 Å². The van der Waals surface area contributed by atoms with Gasteiger partial charge in [-0.3, -0.25) is 9.59 Å². The van der Waals surface area contributed by atoms with Gasteiger partial charge in [0.1, 0.15) is 0 Å². The second-order valence-corrected chi connectivity index (χ2v) is 4.70. The van der Waals surface area contributed by atoms with Crippen molar-refractivity contribution < 1.29 is 19.1 Å². The molecule has 0 amide bonds. The summed E-state index contributed by atoms with van der Waals surface area (Å²) in [5.41, 5.74) is 0. The zero-order valence-corrected chi connectivity index (χ0v) is 12.9. The molecule has 20 heavy (non-hydrogen) atoms. The Balaban J connectivity index is 3.43. The largest absolute Gasteiger partial charge is 0.466 e. The van der Waals surface area contributed by atoms with Gasteiger partial charge in [-0.1, -0.05) is 38.8 Å². The Hall–Kier alpha value is -1.32. The maximum absolute atomic E-state index is 11.3. The van der Waals surface area contributed by atoms with Gasteiger partial charge in [-0.15, -0.1) is 0 Å². The van der Waals surface area contributed by atoms with E-state index in [0.717, 1.165) is 25.7 Å². The van der Waals surface area contributed by atoms with Crippen molar-refractivity contribution in [2.45, 2.75) is 65.2 Å². The summed E-state index contributed by atoms with van der Waals surface area (Å²) >= 11 is 0. The van der Waals surface area contributed by atoms with Crippen molar-refractivity contribution in [3.05, 3.63) is 12.2 Å². The van der Waals surface area contributed by atoms with Crippen molar-refractivity contribution in [2.75, 3.05) is 13.2 Å². The van der Waals surface area contributed by atoms with Crippen LogP contribution >= 0.6 is 0 Å². The van der Waals surface area contributed by atoms with Crippen LogP contribution in [0.4, 0.5) is 0 Å². The number of ether oxygens (including phenoxy) is 2. The average Bonchev–Trinajstić information content (AvgIpc) is 2.43. The molecule has 0 aliphatic heterocycles. The van der Waals surface area contributed by atoms with E-state index in [-0.39, 0.29) is 11.9 Å². The van der Waals surface area contributed by atoms with Crippen molar-refractivity contribution in [3.63, 3.8) is 0 Å². The van der Waals surface area contributed by atoms with E-state index in [4.69, 9.17) is 9.47 Å². The van der Waals surface area contributed by atoms with Gasteiger partial charge in [0.15, 0.2) is 0 Å². The Labute approximate surface area is 122 Å². The molecule has 0 saturated heterocycles. The van der Waals surface area contributed by atoms with E-state index in [9.17, 15) is 9.59 Å². The summed E-state index contributed by atoms with van der Waals surface area (Å²) < 4.78 is 10.1. The molecule has 0 bridgehead atoms. The van der Waals surface area contributed by atoms with Crippen molar-refractivity contribution >= 4 is 11.9 Å². The summed E-state index contributed by atoms with van der Waals surface area (Å²) in [5, 5.41) is 0. The number of rotatable bonds is 12. The molecule has 0 unspecified atom stereocenters. The summed E-state index contributed by atoms with van der Waals surface area (Å²) in [6, 6.07) is 0. The SMILES string of the molecule is CCCCOC(=O)CCC=CCCC(=O)OCCCC. The van der Waals surface area contributed by atoms with Crippen molar-refractivity contribution in [3.8, 4) is 0 Å². The predicted octanol–water partition coefficient (Wildman–Crippen LogP) is 3.79. The Morgan fingerprint density at radius 1 is 0.800 bits per heavy atom. The van der Waals surface area contributed by atoms with E-state index in [1.165, 1.54) is 0 Å². The predicted molar refractivity (Wildman–Crippen MR) is 79.3 cm³/mol. The molecular formula is C16H28O4. The van der Waals surface area contributed by atoms with Crippen LogP contribution in [0.1, 0.15) is 65.2 Å². The molecule has 116 valence electrons. The molecule has 4 nitrogen and oxygen atoms in total. The second kappa shape index (κ2) is 14.1. The van der Waals surface area contributed by atoms with Gasteiger partial charge in [-0.25, -0.2) is 0 Å². The summed E-state index contributed by atoms with van der Waals surface area (Å²) in [6.45, 7) is 5.15. The quantitative estimate of drug-likeness (QED) is 0.311. The van der Waals surface area contributed by atoms with Crippen LogP contribution in [-0.4, -0.2) is 25.2 Å². The van der Waals surface area contributed by atoms with E-state index in [0.29, 0.717) is 38.9 Å². The molecule has 4 heteroatoms. The van der Waals surface area contributed by atoms with Gasteiger partial charge in [0, 0.05) is 12.8 Å². The normalized spacial score (nSPS) is 10.7. The topological polar surface area (TPSA) is 52.6 Å². The summed E-state index contributed by atoms with van der Waals surface area (Å²) in [5.74, 6) is -0.302. The highest BCUT2D eigenvalue weighted by Gasteiger charge is 2.01. The highest BCUT2D eigenvalue weighted by molar-refractivity contribution is 5.70. The molecule has 0 aromatic carbocycles. The van der Waals surface area contributed by atoms with Crippen LogP contribution in [0.5, 0.6) is 0 Å². The second-order valence-electron chi connectivity index (χ2n) is 4.70. The minimum absolute atomic E-state index is 0.151. The lowest BCUT2D eigenvalue weighted by Gasteiger charge is -2.02. The van der Waals surface area contributed by atoms with Crippen LogP contribution in [0.25, 0.3) is 0 Å². The van der Waals surface area contributed by atoms with Crippen LogP contribution in [0.2, 0.25) is 0 Å². The number of allylic oxidation sites excluding steroid dienone is 2. The molecule has 0 rings (SSSR count). The van der Waals surface area contributed by atoms with Gasteiger partial charge < -0.3 is 9.47 Å². The molecule has 0 atom stereocenters. The molecule has 0 N–H and O–H groups in total. The molecule has 0 aliphatic rings. The van der Waals surface area contributed by atoms with Crippen LogP contribution in [0.3, 0.4) is 0 Å². The van der Waals surface area contributed by atoms with Gasteiger partial charge in [0.05, 0.1) is 13.2 Å². The number of carbonyl (C=O) groups excluding carboxylic acids is 2.